The van der Waals surface area contributed by atoms with E-state index in [1.807, 2.05) is 0 Å². The second-order valence-electron chi connectivity index (χ2n) is 5.51. The molecule has 2 aliphatic rings. The van der Waals surface area contributed by atoms with E-state index in [9.17, 15) is 5.11 Å². The molecule has 1 nitrogen and oxygen atoms in total. The average molecular weight is 281 g/mol. The molecule has 2 aliphatic carbocycles. The zero-order valence-electron chi connectivity index (χ0n) is 9.38. The number of rotatable bonds is 4. The highest BCUT2D eigenvalue weighted by Crippen LogP contribution is 2.54. The molecule has 3 rings (SSSR count). The van der Waals surface area contributed by atoms with E-state index in [4.69, 9.17) is 0 Å². The Morgan fingerprint density at radius 1 is 1.00 bits per heavy atom. The summed E-state index contributed by atoms with van der Waals surface area (Å²) < 4.78 is 1.15. The van der Waals surface area contributed by atoms with Crippen molar-refractivity contribution in [2.45, 2.75) is 49.5 Å². The van der Waals surface area contributed by atoms with Gasteiger partial charge in [0.25, 0.3) is 0 Å². The predicted molar refractivity (Wildman–Crippen MR) is 68.5 cm³/mol. The zero-order valence-corrected chi connectivity index (χ0v) is 11.0. The first kappa shape index (κ1) is 10.8. The molecule has 0 bridgehead atoms. The number of halogens is 1. The van der Waals surface area contributed by atoms with Crippen molar-refractivity contribution in [1.82, 2.24) is 0 Å². The number of aliphatic hydroxyl groups is 1. The number of hydrogen-bond acceptors (Lipinski definition) is 1. The molecule has 1 aromatic rings. The Morgan fingerprint density at radius 3 is 2.12 bits per heavy atom. The molecule has 0 spiro atoms. The first-order valence-corrected chi connectivity index (χ1v) is 6.90. The number of benzene rings is 1. The fourth-order valence-electron chi connectivity index (χ4n) is 2.50. The third kappa shape index (κ3) is 2.05. The van der Waals surface area contributed by atoms with Crippen LogP contribution in [0.1, 0.15) is 44.1 Å². The Bertz CT molecular complexity index is 388. The summed E-state index contributed by atoms with van der Waals surface area (Å²) in [4.78, 5) is 0. The molecule has 86 valence electrons. The van der Waals surface area contributed by atoms with Crippen molar-refractivity contribution in [3.8, 4) is 0 Å². The van der Waals surface area contributed by atoms with Crippen molar-refractivity contribution >= 4 is 15.9 Å². The van der Waals surface area contributed by atoms with Gasteiger partial charge in [-0.05, 0) is 61.6 Å². The molecule has 16 heavy (non-hydrogen) atoms. The van der Waals surface area contributed by atoms with Crippen molar-refractivity contribution in [3.63, 3.8) is 0 Å². The SMILES string of the molecule is OC1(CCC2(c3ccc(Br)cc3)CC2)CC1. The van der Waals surface area contributed by atoms with Gasteiger partial charge in [0, 0.05) is 4.47 Å². The summed E-state index contributed by atoms with van der Waals surface area (Å²) in [5, 5.41) is 9.90. The van der Waals surface area contributed by atoms with E-state index in [0.29, 0.717) is 5.41 Å². The molecule has 2 heteroatoms. The van der Waals surface area contributed by atoms with Crippen molar-refractivity contribution in [2.75, 3.05) is 0 Å². The molecular weight excluding hydrogens is 264 g/mol. The van der Waals surface area contributed by atoms with Gasteiger partial charge in [0.2, 0.25) is 0 Å². The van der Waals surface area contributed by atoms with Crippen LogP contribution in [0.4, 0.5) is 0 Å². The van der Waals surface area contributed by atoms with Crippen LogP contribution in [0.25, 0.3) is 0 Å². The van der Waals surface area contributed by atoms with Gasteiger partial charge in [0.15, 0.2) is 0 Å². The molecule has 0 saturated heterocycles. The molecule has 0 aromatic heterocycles. The van der Waals surface area contributed by atoms with E-state index >= 15 is 0 Å². The summed E-state index contributed by atoms with van der Waals surface area (Å²) in [5.74, 6) is 0. The van der Waals surface area contributed by atoms with Crippen LogP contribution in [0.15, 0.2) is 28.7 Å². The Hall–Kier alpha value is -0.340. The number of hydrogen-bond donors (Lipinski definition) is 1. The normalized spacial score (nSPS) is 24.1. The quantitative estimate of drug-likeness (QED) is 0.890. The van der Waals surface area contributed by atoms with Crippen LogP contribution >= 0.6 is 15.9 Å². The molecule has 1 N–H and O–H groups in total. The lowest BCUT2D eigenvalue weighted by Crippen LogP contribution is -2.13. The molecule has 2 fully saturated rings. The molecule has 0 unspecified atom stereocenters. The van der Waals surface area contributed by atoms with E-state index in [1.165, 1.54) is 18.4 Å². The van der Waals surface area contributed by atoms with Crippen molar-refractivity contribution < 1.29 is 5.11 Å². The van der Waals surface area contributed by atoms with Gasteiger partial charge in [-0.3, -0.25) is 0 Å². The fraction of sp³-hybridized carbons (Fsp3) is 0.571. The second-order valence-corrected chi connectivity index (χ2v) is 6.43. The van der Waals surface area contributed by atoms with Crippen molar-refractivity contribution in [1.29, 1.82) is 0 Å². The predicted octanol–water partition coefficient (Wildman–Crippen LogP) is 3.79. The maximum Gasteiger partial charge on any atom is 0.0650 e. The highest BCUT2D eigenvalue weighted by Gasteiger charge is 2.48. The minimum Gasteiger partial charge on any atom is -0.390 e. The molecule has 0 amide bonds. The van der Waals surface area contributed by atoms with Crippen molar-refractivity contribution in [2.24, 2.45) is 0 Å². The summed E-state index contributed by atoms with van der Waals surface area (Å²) in [6, 6.07) is 8.71. The maximum atomic E-state index is 9.90. The van der Waals surface area contributed by atoms with Crippen LogP contribution in [0.5, 0.6) is 0 Å². The van der Waals surface area contributed by atoms with Gasteiger partial charge in [-0.15, -0.1) is 0 Å². The van der Waals surface area contributed by atoms with Crippen LogP contribution in [0.3, 0.4) is 0 Å². The van der Waals surface area contributed by atoms with Crippen LogP contribution in [-0.2, 0) is 5.41 Å². The lowest BCUT2D eigenvalue weighted by molar-refractivity contribution is 0.133. The van der Waals surface area contributed by atoms with Crippen molar-refractivity contribution in [3.05, 3.63) is 34.3 Å². The third-order valence-electron chi connectivity index (χ3n) is 4.21. The smallest absolute Gasteiger partial charge is 0.0650 e. The topological polar surface area (TPSA) is 20.2 Å². The molecule has 0 aliphatic heterocycles. The summed E-state index contributed by atoms with van der Waals surface area (Å²) in [6.07, 6.45) is 6.77. The highest BCUT2D eigenvalue weighted by atomic mass is 79.9. The molecule has 0 heterocycles. The zero-order chi connectivity index (χ0) is 11.2. The lowest BCUT2D eigenvalue weighted by atomic mass is 9.89. The van der Waals surface area contributed by atoms with Crippen LogP contribution in [0.2, 0.25) is 0 Å². The van der Waals surface area contributed by atoms with Gasteiger partial charge in [-0.1, -0.05) is 28.1 Å². The van der Waals surface area contributed by atoms with Crippen LogP contribution in [0, 0.1) is 0 Å². The second kappa shape index (κ2) is 3.58. The van der Waals surface area contributed by atoms with Gasteiger partial charge >= 0.3 is 0 Å². The van der Waals surface area contributed by atoms with Gasteiger partial charge in [-0.25, -0.2) is 0 Å². The van der Waals surface area contributed by atoms with Crippen LogP contribution in [-0.4, -0.2) is 10.7 Å². The minimum absolute atomic E-state index is 0.287. The Labute approximate surface area is 105 Å². The summed E-state index contributed by atoms with van der Waals surface area (Å²) in [6.45, 7) is 0. The average Bonchev–Trinajstić information content (AvgIpc) is 3.15. The van der Waals surface area contributed by atoms with E-state index in [0.717, 1.165) is 30.2 Å². The molecule has 0 radical (unpaired) electrons. The molecule has 0 atom stereocenters. The highest BCUT2D eigenvalue weighted by molar-refractivity contribution is 9.10. The standard InChI is InChI=1S/C14H17BrO/c15-12-3-1-11(2-4-12)13(5-6-13)7-8-14(16)9-10-14/h1-4,16H,5-10H2. The lowest BCUT2D eigenvalue weighted by Gasteiger charge is -2.17. The molecule has 2 saturated carbocycles. The first-order chi connectivity index (χ1) is 7.62. The Morgan fingerprint density at radius 2 is 1.62 bits per heavy atom. The van der Waals surface area contributed by atoms with E-state index in [2.05, 4.69) is 40.2 Å². The Kier molecular flexibility index (Phi) is 2.41. The van der Waals surface area contributed by atoms with Gasteiger partial charge < -0.3 is 5.11 Å². The Balaban J connectivity index is 1.70. The monoisotopic (exact) mass is 280 g/mol. The summed E-state index contributed by atoms with van der Waals surface area (Å²) in [5.41, 5.74) is 1.57. The third-order valence-corrected chi connectivity index (χ3v) is 4.73. The minimum atomic E-state index is -0.287. The first-order valence-electron chi connectivity index (χ1n) is 6.11. The fourth-order valence-corrected chi connectivity index (χ4v) is 2.77. The summed E-state index contributed by atoms with van der Waals surface area (Å²) in [7, 11) is 0. The van der Waals surface area contributed by atoms with Gasteiger partial charge in [0.1, 0.15) is 0 Å². The van der Waals surface area contributed by atoms with Crippen LogP contribution < -0.4 is 0 Å². The van der Waals surface area contributed by atoms with Gasteiger partial charge in [0.05, 0.1) is 5.60 Å². The largest absolute Gasteiger partial charge is 0.390 e. The van der Waals surface area contributed by atoms with Gasteiger partial charge in [-0.2, -0.15) is 0 Å². The van der Waals surface area contributed by atoms with E-state index < -0.39 is 0 Å². The summed E-state index contributed by atoms with van der Waals surface area (Å²) >= 11 is 3.47. The molecule has 1 aromatic carbocycles. The maximum absolute atomic E-state index is 9.90. The van der Waals surface area contributed by atoms with E-state index in [1.54, 1.807) is 0 Å². The van der Waals surface area contributed by atoms with E-state index in [-0.39, 0.29) is 5.60 Å². The molecular formula is C14H17BrO.